The summed E-state index contributed by atoms with van der Waals surface area (Å²) in [4.78, 5) is 0. The van der Waals surface area contributed by atoms with Crippen molar-refractivity contribution < 1.29 is 4.42 Å². The van der Waals surface area contributed by atoms with Crippen LogP contribution in [0.2, 0.25) is 0 Å². The first-order valence-corrected chi connectivity index (χ1v) is 13.2. The van der Waals surface area contributed by atoms with E-state index in [1.54, 1.807) is 0 Å². The Balaban J connectivity index is 1.33. The van der Waals surface area contributed by atoms with Gasteiger partial charge in [-0.05, 0) is 63.6 Å². The van der Waals surface area contributed by atoms with Gasteiger partial charge >= 0.3 is 0 Å². The molecule has 1 aromatic heterocycles. The average Bonchev–Trinajstić information content (AvgIpc) is 3.61. The summed E-state index contributed by atoms with van der Waals surface area (Å²) < 4.78 is 6.38. The number of para-hydroxylation sites is 1. The number of hydrogen-bond acceptors (Lipinski definition) is 1. The fourth-order valence-corrected chi connectivity index (χ4v) is 6.69. The molecule has 3 aliphatic rings. The molecule has 0 aliphatic heterocycles. The molecule has 0 amide bonds. The van der Waals surface area contributed by atoms with Crippen molar-refractivity contribution in [2.24, 2.45) is 0 Å². The minimum absolute atomic E-state index is 0.325. The van der Waals surface area contributed by atoms with Crippen LogP contribution in [0.3, 0.4) is 0 Å². The molecule has 5 aromatic rings. The molecule has 0 radical (unpaired) electrons. The SMILES string of the molecule is C1=CC=Cc2oc3c(-c4ccc(C5(c6ccccc6)C6=C(CC=C6)c6ccccc65)cc4)cccc3c2C=1. The summed E-state index contributed by atoms with van der Waals surface area (Å²) in [5.74, 6) is 0.878. The summed E-state index contributed by atoms with van der Waals surface area (Å²) in [6.45, 7) is 0. The Labute approximate surface area is 222 Å². The molecule has 8 rings (SSSR count). The Morgan fingerprint density at radius 2 is 1.50 bits per heavy atom. The molecule has 0 saturated carbocycles. The third-order valence-electron chi connectivity index (χ3n) is 8.28. The lowest BCUT2D eigenvalue weighted by Crippen LogP contribution is -2.29. The van der Waals surface area contributed by atoms with Crippen molar-refractivity contribution in [3.63, 3.8) is 0 Å². The first kappa shape index (κ1) is 21.3. The van der Waals surface area contributed by atoms with Gasteiger partial charge in [0.1, 0.15) is 11.3 Å². The fourth-order valence-electron chi connectivity index (χ4n) is 6.69. The number of fused-ring (bicyclic) bond motifs is 5. The van der Waals surface area contributed by atoms with E-state index < -0.39 is 0 Å². The molecule has 0 bridgehead atoms. The van der Waals surface area contributed by atoms with Crippen LogP contribution >= 0.6 is 0 Å². The number of rotatable bonds is 3. The van der Waals surface area contributed by atoms with Gasteiger partial charge in [0.15, 0.2) is 0 Å². The van der Waals surface area contributed by atoms with Gasteiger partial charge < -0.3 is 4.42 Å². The molecule has 4 aromatic carbocycles. The normalized spacial score (nSPS) is 18.6. The van der Waals surface area contributed by atoms with E-state index in [4.69, 9.17) is 4.42 Å². The van der Waals surface area contributed by atoms with Gasteiger partial charge in [-0.25, -0.2) is 0 Å². The smallest absolute Gasteiger partial charge is 0.143 e. The van der Waals surface area contributed by atoms with E-state index in [2.05, 4.69) is 115 Å². The van der Waals surface area contributed by atoms with Crippen molar-refractivity contribution in [3.8, 4) is 11.1 Å². The molecule has 178 valence electrons. The lowest BCUT2D eigenvalue weighted by Gasteiger charge is -2.34. The Bertz CT molecular complexity index is 1900. The van der Waals surface area contributed by atoms with Gasteiger partial charge in [-0.3, -0.25) is 0 Å². The number of benzene rings is 4. The molecule has 0 N–H and O–H groups in total. The number of hydrogen-bond donors (Lipinski definition) is 0. The van der Waals surface area contributed by atoms with Crippen LogP contribution in [0, 0.1) is 0 Å². The fraction of sp³-hybridized carbons (Fsp3) is 0.0541. The molecular weight excluding hydrogens is 460 g/mol. The van der Waals surface area contributed by atoms with E-state index >= 15 is 0 Å². The summed E-state index contributed by atoms with van der Waals surface area (Å²) in [6, 6.07) is 35.5. The molecule has 1 unspecified atom stereocenters. The molecule has 1 heterocycles. The van der Waals surface area contributed by atoms with Crippen LogP contribution < -0.4 is 0 Å². The second-order valence-corrected chi connectivity index (χ2v) is 10.1. The maximum atomic E-state index is 6.38. The quantitative estimate of drug-likeness (QED) is 0.233. The van der Waals surface area contributed by atoms with E-state index in [9.17, 15) is 0 Å². The zero-order valence-corrected chi connectivity index (χ0v) is 20.8. The van der Waals surface area contributed by atoms with Gasteiger partial charge in [0.2, 0.25) is 0 Å². The monoisotopic (exact) mass is 484 g/mol. The van der Waals surface area contributed by atoms with E-state index in [1.807, 2.05) is 24.3 Å². The number of allylic oxidation sites excluding steroid dienone is 6. The second kappa shape index (κ2) is 8.08. The van der Waals surface area contributed by atoms with Gasteiger partial charge in [0, 0.05) is 16.5 Å². The highest BCUT2D eigenvalue weighted by Gasteiger charge is 2.47. The lowest BCUT2D eigenvalue weighted by molar-refractivity contribution is 0.604. The number of furan rings is 1. The average molecular weight is 485 g/mol. The molecule has 0 spiro atoms. The Hall–Kier alpha value is -4.84. The Morgan fingerprint density at radius 1 is 0.711 bits per heavy atom. The summed E-state index contributed by atoms with van der Waals surface area (Å²) in [7, 11) is 0. The highest BCUT2D eigenvalue weighted by molar-refractivity contribution is 6.00. The molecular formula is C37H24O. The van der Waals surface area contributed by atoms with E-state index in [0.29, 0.717) is 0 Å². The van der Waals surface area contributed by atoms with E-state index in [1.165, 1.54) is 33.4 Å². The van der Waals surface area contributed by atoms with Crippen molar-refractivity contribution in [2.45, 2.75) is 11.8 Å². The standard InChI is InChI=1S/C37H24O/c1-3-11-26(12-4-1)37(33-18-8-7-13-29(33)30-16-10-19-34(30)37)27-23-21-25(22-24-27)28-15-9-17-32-31-14-5-2-6-20-35(31)38-36(28)32/h1-4,6-15,17-24H,16H2. The second-order valence-electron chi connectivity index (χ2n) is 10.1. The van der Waals surface area contributed by atoms with Gasteiger partial charge in [-0.1, -0.05) is 115 Å². The van der Waals surface area contributed by atoms with Crippen molar-refractivity contribution in [1.82, 2.24) is 0 Å². The first-order valence-electron chi connectivity index (χ1n) is 13.2. The van der Waals surface area contributed by atoms with Crippen molar-refractivity contribution in [2.75, 3.05) is 0 Å². The van der Waals surface area contributed by atoms with Gasteiger partial charge in [0.25, 0.3) is 0 Å². The summed E-state index contributed by atoms with van der Waals surface area (Å²) in [5, 5.41) is 1.12. The predicted molar refractivity (Wildman–Crippen MR) is 157 cm³/mol. The van der Waals surface area contributed by atoms with Crippen molar-refractivity contribution in [3.05, 3.63) is 166 Å². The lowest BCUT2D eigenvalue weighted by atomic mass is 9.67. The molecule has 1 heteroatoms. The third-order valence-corrected chi connectivity index (χ3v) is 8.28. The first-order chi connectivity index (χ1) is 18.9. The summed E-state index contributed by atoms with van der Waals surface area (Å²) in [6.07, 6.45) is 13.6. The topological polar surface area (TPSA) is 13.1 Å². The maximum Gasteiger partial charge on any atom is 0.143 e. The maximum absolute atomic E-state index is 6.38. The van der Waals surface area contributed by atoms with Crippen LogP contribution in [0.5, 0.6) is 0 Å². The minimum atomic E-state index is -0.325. The van der Waals surface area contributed by atoms with Crippen LogP contribution in [0.1, 0.15) is 40.0 Å². The Kier molecular flexibility index (Phi) is 4.52. The zero-order chi connectivity index (χ0) is 25.1. The van der Waals surface area contributed by atoms with Crippen LogP contribution in [0.15, 0.2) is 137 Å². The van der Waals surface area contributed by atoms with E-state index in [-0.39, 0.29) is 5.41 Å². The molecule has 1 atom stereocenters. The van der Waals surface area contributed by atoms with Crippen LogP contribution in [-0.4, -0.2) is 0 Å². The zero-order valence-electron chi connectivity index (χ0n) is 20.8. The highest BCUT2D eigenvalue weighted by atomic mass is 16.3. The molecule has 0 saturated heterocycles. The highest BCUT2D eigenvalue weighted by Crippen LogP contribution is 2.57. The summed E-state index contributed by atoms with van der Waals surface area (Å²) >= 11 is 0. The Morgan fingerprint density at radius 3 is 2.39 bits per heavy atom. The molecule has 1 nitrogen and oxygen atoms in total. The summed E-state index contributed by atoms with van der Waals surface area (Å²) in [5.41, 5.74) is 15.3. The van der Waals surface area contributed by atoms with Crippen molar-refractivity contribution >= 4 is 28.7 Å². The largest absolute Gasteiger partial charge is 0.455 e. The van der Waals surface area contributed by atoms with Crippen LogP contribution in [-0.2, 0) is 5.41 Å². The molecule has 38 heavy (non-hydrogen) atoms. The van der Waals surface area contributed by atoms with Crippen LogP contribution in [0.4, 0.5) is 0 Å². The van der Waals surface area contributed by atoms with Gasteiger partial charge in [-0.15, -0.1) is 5.73 Å². The van der Waals surface area contributed by atoms with Crippen molar-refractivity contribution in [1.29, 1.82) is 0 Å². The van der Waals surface area contributed by atoms with Gasteiger partial charge in [0.05, 0.1) is 5.41 Å². The minimum Gasteiger partial charge on any atom is -0.455 e. The molecule has 3 aliphatic carbocycles. The predicted octanol–water partition coefficient (Wildman–Crippen LogP) is 9.36. The van der Waals surface area contributed by atoms with Gasteiger partial charge in [-0.2, -0.15) is 0 Å². The molecule has 0 fully saturated rings. The van der Waals surface area contributed by atoms with Crippen LogP contribution in [0.25, 0.3) is 39.8 Å². The third kappa shape index (κ3) is 2.83. The van der Waals surface area contributed by atoms with E-state index in [0.717, 1.165) is 39.8 Å².